The summed E-state index contributed by atoms with van der Waals surface area (Å²) in [4.78, 5) is 9.15. The Morgan fingerprint density at radius 3 is 2.80 bits per heavy atom. The summed E-state index contributed by atoms with van der Waals surface area (Å²) in [7, 11) is 5.53. The molecule has 2 aliphatic rings. The fourth-order valence-corrected chi connectivity index (χ4v) is 4.14. The molecule has 0 amide bonds. The Morgan fingerprint density at radius 2 is 2.20 bits per heavy atom. The second kappa shape index (κ2) is 5.88. The number of methoxy groups -OCH3 is 1. The van der Waals surface area contributed by atoms with E-state index in [1.54, 1.807) is 7.11 Å². The van der Waals surface area contributed by atoms with Crippen molar-refractivity contribution in [3.05, 3.63) is 35.4 Å². The van der Waals surface area contributed by atoms with E-state index >= 15 is 0 Å². The van der Waals surface area contributed by atoms with Crippen LogP contribution in [-0.4, -0.2) is 36.6 Å². The number of aromatic nitrogens is 2. The molecular formula is C19H25N5O. The van der Waals surface area contributed by atoms with E-state index in [1.165, 1.54) is 12.0 Å². The number of nitrogens with zero attached hydrogens (tertiary/aromatic N) is 3. The number of benzene rings is 1. The Labute approximate surface area is 148 Å². The van der Waals surface area contributed by atoms with Gasteiger partial charge in [0.1, 0.15) is 17.4 Å². The number of amidine groups is 1. The highest BCUT2D eigenvalue weighted by molar-refractivity contribution is 6.10. The summed E-state index contributed by atoms with van der Waals surface area (Å²) in [6.07, 6.45) is 5.62. The van der Waals surface area contributed by atoms with Crippen molar-refractivity contribution in [2.45, 2.75) is 38.1 Å². The van der Waals surface area contributed by atoms with Crippen molar-refractivity contribution in [3.63, 3.8) is 0 Å². The van der Waals surface area contributed by atoms with Gasteiger partial charge in [-0.15, -0.1) is 0 Å². The lowest BCUT2D eigenvalue weighted by Gasteiger charge is -2.38. The van der Waals surface area contributed by atoms with Gasteiger partial charge in [0.05, 0.1) is 23.9 Å². The molecule has 4 rings (SSSR count). The Kier molecular flexibility index (Phi) is 3.80. The summed E-state index contributed by atoms with van der Waals surface area (Å²) >= 11 is 0. The lowest BCUT2D eigenvalue weighted by atomic mass is 9.65. The maximum absolute atomic E-state index is 5.75. The van der Waals surface area contributed by atoms with Crippen LogP contribution in [0.3, 0.4) is 0 Å². The van der Waals surface area contributed by atoms with Crippen LogP contribution in [0.25, 0.3) is 5.69 Å². The van der Waals surface area contributed by atoms with E-state index in [1.807, 2.05) is 21.0 Å². The smallest absolute Gasteiger partial charge is 0.143 e. The third kappa shape index (κ3) is 2.28. The zero-order valence-electron chi connectivity index (χ0n) is 15.3. The van der Waals surface area contributed by atoms with Crippen LogP contribution in [-0.2, 0) is 12.0 Å². The molecular weight excluding hydrogens is 314 g/mol. The summed E-state index contributed by atoms with van der Waals surface area (Å²) < 4.78 is 7.85. The van der Waals surface area contributed by atoms with Gasteiger partial charge in [0.15, 0.2) is 0 Å². The van der Waals surface area contributed by atoms with Crippen molar-refractivity contribution in [3.8, 4) is 11.4 Å². The average molecular weight is 339 g/mol. The molecule has 1 aromatic carbocycles. The topological polar surface area (TPSA) is 63.5 Å². The van der Waals surface area contributed by atoms with Gasteiger partial charge in [-0.1, -0.05) is 6.42 Å². The Bertz CT molecular complexity index is 848. The quantitative estimate of drug-likeness (QED) is 0.899. The van der Waals surface area contributed by atoms with Crippen LogP contribution in [0.15, 0.2) is 23.3 Å². The van der Waals surface area contributed by atoms with E-state index in [-0.39, 0.29) is 5.41 Å². The largest absolute Gasteiger partial charge is 0.495 e. The van der Waals surface area contributed by atoms with E-state index < -0.39 is 0 Å². The number of hydrogen-bond acceptors (Lipinski definition) is 4. The van der Waals surface area contributed by atoms with Gasteiger partial charge in [0, 0.05) is 25.5 Å². The number of ether oxygens (including phenoxy) is 1. The zero-order chi connectivity index (χ0) is 17.6. The molecule has 0 radical (unpaired) electrons. The molecule has 1 fully saturated rings. The number of fused-ring (bicyclic) bond motifs is 2. The predicted molar refractivity (Wildman–Crippen MR) is 100 cm³/mol. The van der Waals surface area contributed by atoms with Gasteiger partial charge in [-0.2, -0.15) is 0 Å². The number of anilines is 1. The molecule has 0 unspecified atom stereocenters. The molecule has 2 aromatic rings. The van der Waals surface area contributed by atoms with Gasteiger partial charge in [-0.3, -0.25) is 9.56 Å². The van der Waals surface area contributed by atoms with E-state index in [4.69, 9.17) is 4.74 Å². The lowest BCUT2D eigenvalue weighted by Crippen LogP contribution is -2.41. The minimum absolute atomic E-state index is 0.0666. The highest BCUT2D eigenvalue weighted by atomic mass is 16.5. The van der Waals surface area contributed by atoms with Gasteiger partial charge >= 0.3 is 0 Å². The molecule has 2 heterocycles. The second-order valence-corrected chi connectivity index (χ2v) is 6.88. The van der Waals surface area contributed by atoms with Gasteiger partial charge in [-0.25, -0.2) is 4.98 Å². The zero-order valence-corrected chi connectivity index (χ0v) is 15.3. The highest BCUT2D eigenvalue weighted by Crippen LogP contribution is 2.53. The van der Waals surface area contributed by atoms with Crippen LogP contribution < -0.4 is 15.4 Å². The summed E-state index contributed by atoms with van der Waals surface area (Å²) in [5.74, 6) is 2.91. The first kappa shape index (κ1) is 16.1. The molecule has 6 heteroatoms. The summed E-state index contributed by atoms with van der Waals surface area (Å²) in [5.41, 5.74) is 4.54. The van der Waals surface area contributed by atoms with E-state index in [2.05, 4.69) is 43.5 Å². The van der Waals surface area contributed by atoms with Crippen LogP contribution in [0.5, 0.6) is 5.75 Å². The van der Waals surface area contributed by atoms with Crippen molar-refractivity contribution >= 4 is 11.5 Å². The number of rotatable bonds is 4. The van der Waals surface area contributed by atoms with Crippen LogP contribution in [0.2, 0.25) is 0 Å². The van der Waals surface area contributed by atoms with Crippen molar-refractivity contribution < 1.29 is 4.74 Å². The van der Waals surface area contributed by atoms with Crippen molar-refractivity contribution in [2.24, 2.45) is 4.99 Å². The van der Waals surface area contributed by atoms with Crippen LogP contribution in [0.1, 0.15) is 36.3 Å². The van der Waals surface area contributed by atoms with Crippen LogP contribution in [0, 0.1) is 6.92 Å². The minimum Gasteiger partial charge on any atom is -0.495 e. The normalized spacial score (nSPS) is 19.0. The van der Waals surface area contributed by atoms with Crippen molar-refractivity contribution in [2.75, 3.05) is 26.5 Å². The van der Waals surface area contributed by atoms with E-state index in [9.17, 15) is 0 Å². The Balaban J connectivity index is 1.84. The molecule has 0 atom stereocenters. The Hall–Kier alpha value is -2.34. The first-order valence-corrected chi connectivity index (χ1v) is 8.79. The first-order chi connectivity index (χ1) is 12.1. The van der Waals surface area contributed by atoms with Crippen LogP contribution in [0.4, 0.5) is 5.69 Å². The van der Waals surface area contributed by atoms with Gasteiger partial charge < -0.3 is 15.4 Å². The summed E-state index contributed by atoms with van der Waals surface area (Å²) in [6.45, 7) is 2.76. The third-order valence-electron chi connectivity index (χ3n) is 5.52. The third-order valence-corrected chi connectivity index (χ3v) is 5.52. The Morgan fingerprint density at radius 1 is 1.40 bits per heavy atom. The van der Waals surface area contributed by atoms with E-state index in [0.717, 1.165) is 53.9 Å². The van der Waals surface area contributed by atoms with E-state index in [0.29, 0.717) is 0 Å². The fraction of sp³-hybridized carbons (Fsp3) is 0.474. The predicted octanol–water partition coefficient (Wildman–Crippen LogP) is 2.78. The number of nitrogens with one attached hydrogen (secondary N) is 2. The van der Waals surface area contributed by atoms with Gasteiger partial charge in [-0.05, 0) is 44.5 Å². The number of imidazole rings is 1. The summed E-state index contributed by atoms with van der Waals surface area (Å²) in [6, 6.07) is 4.36. The highest BCUT2D eigenvalue weighted by Gasteiger charge is 2.49. The number of aliphatic imine (C=N–C) groups is 1. The first-order valence-electron chi connectivity index (χ1n) is 8.79. The van der Waals surface area contributed by atoms with Crippen molar-refractivity contribution in [1.82, 2.24) is 14.9 Å². The van der Waals surface area contributed by atoms with Gasteiger partial charge in [0.25, 0.3) is 0 Å². The van der Waals surface area contributed by atoms with Crippen LogP contribution >= 0.6 is 0 Å². The monoisotopic (exact) mass is 339 g/mol. The molecule has 1 spiro atoms. The molecule has 1 aliphatic heterocycles. The fourth-order valence-electron chi connectivity index (χ4n) is 4.14. The molecule has 6 nitrogen and oxygen atoms in total. The minimum atomic E-state index is 0.0666. The molecule has 0 bridgehead atoms. The standard InChI is InChI=1S/C19H25N5O/c1-12-22-13(10-20-2)11-24(12)16-9-15-14(8-17(16)25-4)19(6-5-7-19)18(21-3)23-15/h8-9,11,20H,5-7,10H2,1-4H3,(H,21,23). The second-order valence-electron chi connectivity index (χ2n) is 6.88. The molecule has 132 valence electrons. The number of aryl methyl sites for hydroxylation is 1. The molecule has 1 aromatic heterocycles. The SMILES string of the molecule is CN=C1Nc2cc(-n3cc(CNC)nc3C)c(OC)cc2C12CCC2. The summed E-state index contributed by atoms with van der Waals surface area (Å²) in [5, 5.41) is 6.69. The lowest BCUT2D eigenvalue weighted by molar-refractivity contribution is 0.344. The molecule has 25 heavy (non-hydrogen) atoms. The molecule has 1 aliphatic carbocycles. The molecule has 2 N–H and O–H groups in total. The van der Waals surface area contributed by atoms with Gasteiger partial charge in [0.2, 0.25) is 0 Å². The number of hydrogen-bond donors (Lipinski definition) is 2. The average Bonchev–Trinajstić information content (AvgIpc) is 3.10. The molecule has 0 saturated heterocycles. The molecule has 1 saturated carbocycles. The van der Waals surface area contributed by atoms with Crippen molar-refractivity contribution in [1.29, 1.82) is 0 Å². The maximum atomic E-state index is 5.75. The maximum Gasteiger partial charge on any atom is 0.143 e.